The van der Waals surface area contributed by atoms with Gasteiger partial charge in [-0.05, 0) is 66.3 Å². The summed E-state index contributed by atoms with van der Waals surface area (Å²) < 4.78 is 11.1. The molecule has 0 saturated heterocycles. The van der Waals surface area contributed by atoms with Gasteiger partial charge in [-0.1, -0.05) is 85.8 Å². The molecule has 0 radical (unpaired) electrons. The van der Waals surface area contributed by atoms with Gasteiger partial charge in [0.2, 0.25) is 6.41 Å². The van der Waals surface area contributed by atoms with E-state index in [4.69, 9.17) is 9.47 Å². The van der Waals surface area contributed by atoms with E-state index in [0.29, 0.717) is 36.6 Å². The van der Waals surface area contributed by atoms with Gasteiger partial charge in [-0.15, -0.1) is 0 Å². The molecule has 0 aromatic heterocycles. The summed E-state index contributed by atoms with van der Waals surface area (Å²) in [4.78, 5) is 11.1. The highest BCUT2D eigenvalue weighted by Gasteiger charge is 2.13. The van der Waals surface area contributed by atoms with E-state index in [9.17, 15) is 9.90 Å². The fourth-order valence-electron chi connectivity index (χ4n) is 4.12. The van der Waals surface area contributed by atoms with Crippen molar-refractivity contribution in [2.75, 3.05) is 19.0 Å². The Labute approximate surface area is 238 Å². The lowest BCUT2D eigenvalue weighted by Crippen LogP contribution is -2.32. The molecule has 0 aliphatic heterocycles. The third kappa shape index (κ3) is 10.2. The summed E-state index contributed by atoms with van der Waals surface area (Å²) in [5, 5.41) is 16.7. The number of carbonyl (C=O) groups is 1. The molecule has 0 fully saturated rings. The summed E-state index contributed by atoms with van der Waals surface area (Å²) in [6.45, 7) is 5.02. The zero-order valence-electron chi connectivity index (χ0n) is 23.5. The molecule has 2 unspecified atom stereocenters. The zero-order chi connectivity index (χ0) is 28.6. The molecule has 0 aliphatic rings. The van der Waals surface area contributed by atoms with E-state index in [-0.39, 0.29) is 6.04 Å². The number of nitrogens with one attached hydrogen (secondary N) is 2. The first kappa shape index (κ1) is 30.4. The molecule has 0 saturated carbocycles. The lowest BCUT2D eigenvalue weighted by molar-refractivity contribution is -0.105. The molecule has 4 rings (SSSR count). The van der Waals surface area contributed by atoms with Gasteiger partial charge in [-0.2, -0.15) is 0 Å². The second-order valence-corrected chi connectivity index (χ2v) is 9.51. The van der Waals surface area contributed by atoms with Gasteiger partial charge in [-0.25, -0.2) is 0 Å². The SMILES string of the molecule is CCc1ccccc1.COc1ccc(CC(C)NCC(O)c2ccc(OCc3ccccc3)c(NC=O)c2)cc1. The first-order chi connectivity index (χ1) is 19.5. The number of carbonyl (C=O) groups excluding carboxylic acids is 1. The van der Waals surface area contributed by atoms with Crippen molar-refractivity contribution in [3.8, 4) is 11.5 Å². The van der Waals surface area contributed by atoms with Crippen LogP contribution in [0, 0.1) is 0 Å². The second-order valence-electron chi connectivity index (χ2n) is 9.51. The van der Waals surface area contributed by atoms with Crippen LogP contribution in [0.1, 0.15) is 42.2 Å². The van der Waals surface area contributed by atoms with E-state index in [1.54, 1.807) is 19.2 Å². The summed E-state index contributed by atoms with van der Waals surface area (Å²) in [5.74, 6) is 1.39. The fourth-order valence-corrected chi connectivity index (χ4v) is 4.12. The molecule has 6 nitrogen and oxygen atoms in total. The number of anilines is 1. The number of amides is 1. The van der Waals surface area contributed by atoms with E-state index in [2.05, 4.69) is 48.7 Å². The minimum absolute atomic E-state index is 0.180. The molecule has 3 N–H and O–H groups in total. The highest BCUT2D eigenvalue weighted by Crippen LogP contribution is 2.29. The van der Waals surface area contributed by atoms with Crippen LogP contribution in [0.2, 0.25) is 0 Å². The summed E-state index contributed by atoms with van der Waals surface area (Å²) >= 11 is 0. The van der Waals surface area contributed by atoms with Gasteiger partial charge in [0, 0.05) is 12.6 Å². The number of aliphatic hydroxyl groups excluding tert-OH is 1. The lowest BCUT2D eigenvalue weighted by atomic mass is 10.1. The molecular weight excluding hydrogens is 500 g/mol. The molecule has 40 heavy (non-hydrogen) atoms. The first-order valence-corrected chi connectivity index (χ1v) is 13.6. The van der Waals surface area contributed by atoms with Crippen molar-refractivity contribution in [1.29, 1.82) is 0 Å². The summed E-state index contributed by atoms with van der Waals surface area (Å²) in [7, 11) is 1.65. The molecule has 6 heteroatoms. The Kier molecular flexibility index (Phi) is 12.7. The summed E-state index contributed by atoms with van der Waals surface area (Å²) in [6, 6.07) is 33.7. The van der Waals surface area contributed by atoms with Crippen LogP contribution in [0.15, 0.2) is 103 Å². The molecule has 0 bridgehead atoms. The zero-order valence-corrected chi connectivity index (χ0v) is 23.5. The predicted octanol–water partition coefficient (Wildman–Crippen LogP) is 6.35. The molecule has 0 aliphatic carbocycles. The number of aliphatic hydroxyl groups is 1. The van der Waals surface area contributed by atoms with Crippen molar-refractivity contribution in [1.82, 2.24) is 5.32 Å². The minimum Gasteiger partial charge on any atom is -0.497 e. The maximum absolute atomic E-state index is 11.1. The lowest BCUT2D eigenvalue weighted by Gasteiger charge is -2.19. The second kappa shape index (κ2) is 16.7. The van der Waals surface area contributed by atoms with Gasteiger partial charge >= 0.3 is 0 Å². The Balaban J connectivity index is 0.000000472. The number of methoxy groups -OCH3 is 1. The summed E-state index contributed by atoms with van der Waals surface area (Å²) in [5.41, 5.74) is 4.86. The normalized spacial score (nSPS) is 11.9. The minimum atomic E-state index is -0.719. The van der Waals surface area contributed by atoms with Crippen LogP contribution >= 0.6 is 0 Å². The molecule has 1 amide bonds. The molecule has 2 atom stereocenters. The molecule has 4 aromatic carbocycles. The van der Waals surface area contributed by atoms with Crippen LogP contribution in [0.3, 0.4) is 0 Å². The number of hydrogen-bond acceptors (Lipinski definition) is 5. The summed E-state index contributed by atoms with van der Waals surface area (Å²) in [6.07, 6.45) is 1.86. The Bertz CT molecular complexity index is 1260. The highest BCUT2D eigenvalue weighted by atomic mass is 16.5. The van der Waals surface area contributed by atoms with Crippen molar-refractivity contribution in [2.24, 2.45) is 0 Å². The fraction of sp³-hybridized carbons (Fsp3) is 0.265. The van der Waals surface area contributed by atoms with Crippen molar-refractivity contribution >= 4 is 12.1 Å². The number of benzene rings is 4. The predicted molar refractivity (Wildman–Crippen MR) is 162 cm³/mol. The smallest absolute Gasteiger partial charge is 0.211 e. The van der Waals surface area contributed by atoms with Crippen molar-refractivity contribution < 1.29 is 19.4 Å². The van der Waals surface area contributed by atoms with Crippen LogP contribution in [0.4, 0.5) is 5.69 Å². The van der Waals surface area contributed by atoms with Gasteiger partial charge < -0.3 is 25.2 Å². The molecule has 0 spiro atoms. The van der Waals surface area contributed by atoms with Crippen LogP contribution in [-0.4, -0.2) is 31.2 Å². The molecular formula is C34H40N2O4. The Morgan fingerprint density at radius 3 is 2.08 bits per heavy atom. The van der Waals surface area contributed by atoms with Crippen molar-refractivity contribution in [3.63, 3.8) is 0 Å². The van der Waals surface area contributed by atoms with Crippen molar-refractivity contribution in [2.45, 2.75) is 45.4 Å². The third-order valence-electron chi connectivity index (χ3n) is 6.45. The van der Waals surface area contributed by atoms with Crippen molar-refractivity contribution in [3.05, 3.63) is 125 Å². The number of hydrogen-bond donors (Lipinski definition) is 3. The molecule has 210 valence electrons. The van der Waals surface area contributed by atoms with E-state index >= 15 is 0 Å². The van der Waals surface area contributed by atoms with Crippen LogP contribution in [0.5, 0.6) is 11.5 Å². The maximum Gasteiger partial charge on any atom is 0.211 e. The average molecular weight is 541 g/mol. The number of ether oxygens (including phenoxy) is 2. The van der Waals surface area contributed by atoms with E-state index in [1.165, 1.54) is 11.1 Å². The highest BCUT2D eigenvalue weighted by molar-refractivity contribution is 5.76. The van der Waals surface area contributed by atoms with E-state index < -0.39 is 6.10 Å². The average Bonchev–Trinajstić information content (AvgIpc) is 3.01. The quantitative estimate of drug-likeness (QED) is 0.172. The molecule has 4 aromatic rings. The Morgan fingerprint density at radius 2 is 1.50 bits per heavy atom. The Morgan fingerprint density at radius 1 is 0.850 bits per heavy atom. The van der Waals surface area contributed by atoms with E-state index in [0.717, 1.165) is 24.2 Å². The van der Waals surface area contributed by atoms with Gasteiger partial charge in [0.1, 0.15) is 18.1 Å². The maximum atomic E-state index is 11.1. The monoisotopic (exact) mass is 540 g/mol. The third-order valence-corrected chi connectivity index (χ3v) is 6.45. The van der Waals surface area contributed by atoms with Gasteiger partial charge in [0.15, 0.2) is 0 Å². The van der Waals surface area contributed by atoms with Crippen LogP contribution in [-0.2, 0) is 24.2 Å². The van der Waals surface area contributed by atoms with Crippen LogP contribution in [0.25, 0.3) is 0 Å². The first-order valence-electron chi connectivity index (χ1n) is 13.6. The topological polar surface area (TPSA) is 79.8 Å². The largest absolute Gasteiger partial charge is 0.497 e. The van der Waals surface area contributed by atoms with Crippen LogP contribution < -0.4 is 20.1 Å². The standard InChI is InChI=1S/C26H30N2O4.C8H10/c1-19(14-20-8-11-23(31-2)12-9-20)27-16-25(30)22-10-13-26(24(15-22)28-18-29)32-17-21-6-4-3-5-7-21;1-2-8-6-4-3-5-7-8/h3-13,15,18-19,25,27,30H,14,16-17H2,1-2H3,(H,28,29);3-7H,2H2,1H3. The van der Waals surface area contributed by atoms with Gasteiger partial charge in [-0.3, -0.25) is 4.79 Å². The van der Waals surface area contributed by atoms with E-state index in [1.807, 2.05) is 66.7 Å². The molecule has 0 heterocycles. The van der Waals surface area contributed by atoms with Gasteiger partial charge in [0.05, 0.1) is 18.9 Å². The number of rotatable bonds is 13. The Hall–Kier alpha value is -4.13. The van der Waals surface area contributed by atoms with Gasteiger partial charge in [0.25, 0.3) is 0 Å². The number of aryl methyl sites for hydroxylation is 1.